The minimum Gasteiger partial charge on any atom is -0.425 e. The fraction of sp³-hybridized carbons (Fsp3) is 0.263. The third-order valence-electron chi connectivity index (χ3n) is 5.04. The Balaban J connectivity index is 0.000000136. The molecule has 53 heavy (non-hydrogen) atoms. The molecule has 0 amide bonds. The second-order valence-electron chi connectivity index (χ2n) is 8.85. The number of ether oxygens (including phenoxy) is 1. The van der Waals surface area contributed by atoms with Gasteiger partial charge in [-0.05, 0) is 106 Å². The number of nitrogens with one attached hydrogen (secondary N) is 8. The van der Waals surface area contributed by atoms with Crippen LogP contribution in [-0.4, -0.2) is 99.8 Å². The Labute approximate surface area is 378 Å². The first-order chi connectivity index (χ1) is 25.4. The van der Waals surface area contributed by atoms with Crippen molar-refractivity contribution in [2.75, 3.05) is 20.0 Å². The third kappa shape index (κ3) is 16.1. The summed E-state index contributed by atoms with van der Waals surface area (Å²) in [6.45, 7) is 2.48. The van der Waals surface area contributed by atoms with Crippen LogP contribution in [0.25, 0.3) is 0 Å². The molecule has 34 heteroatoms. The second-order valence-corrected chi connectivity index (χ2v) is 24.2. The largest absolute Gasteiger partial charge is 0.425 e. The van der Waals surface area contributed by atoms with Crippen molar-refractivity contribution < 1.29 is 4.74 Å². The van der Waals surface area contributed by atoms with Gasteiger partial charge in [-0.2, -0.15) is 20.4 Å². The summed E-state index contributed by atoms with van der Waals surface area (Å²) in [5.41, 5.74) is 5.28. The van der Waals surface area contributed by atoms with Crippen LogP contribution >= 0.6 is 200 Å². The zero-order valence-corrected chi connectivity index (χ0v) is 39.3. The molecule has 17 nitrogen and oxygen atoms in total. The quantitative estimate of drug-likeness (QED) is 0.0525. The Kier molecular flexibility index (Phi) is 18.5. The molecule has 8 rings (SSSR count). The number of hydrazone groups is 2. The number of rotatable bonds is 7. The summed E-state index contributed by atoms with van der Waals surface area (Å²) in [5.74, 6) is 1.07. The van der Waals surface area contributed by atoms with E-state index in [2.05, 4.69) is 81.1 Å². The molecule has 282 valence electrons. The molecule has 0 aliphatic carbocycles. The Morgan fingerprint density at radius 2 is 0.943 bits per heavy atom. The van der Waals surface area contributed by atoms with Gasteiger partial charge in [-0.3, -0.25) is 31.2 Å². The lowest BCUT2D eigenvalue weighted by molar-refractivity contribution is 0.336. The SMILES string of the molecule is S=C1CC(OC2=NNC(=S)C2)=NN1.S=C1NCN(CN2CNC(=S)S2)S1.S=c1[nH]nc(SSc2n[nH]c(=S)s2)s1.S=c1[nH]nc(Sc2n[nH]c(=S)s2)s1. The topological polar surface area (TPSA) is 203 Å². The highest BCUT2D eigenvalue weighted by Crippen LogP contribution is 2.38. The van der Waals surface area contributed by atoms with Gasteiger partial charge in [0.25, 0.3) is 0 Å². The lowest BCUT2D eigenvalue weighted by Crippen LogP contribution is -2.30. The van der Waals surface area contributed by atoms with E-state index in [4.69, 9.17) is 102 Å². The lowest BCUT2D eigenvalue weighted by atomic mass is 10.4. The minimum absolute atomic E-state index is 0.529. The molecule has 0 spiro atoms. The van der Waals surface area contributed by atoms with Gasteiger partial charge >= 0.3 is 0 Å². The molecular formula is C19H18N16OS17. The summed E-state index contributed by atoms with van der Waals surface area (Å²) in [5, 5.41) is 40.7. The van der Waals surface area contributed by atoms with E-state index in [1.807, 2.05) is 0 Å². The molecular weight excluding hydrogens is 1010 g/mol. The summed E-state index contributed by atoms with van der Waals surface area (Å²) in [6, 6.07) is 0. The van der Waals surface area contributed by atoms with Crippen molar-refractivity contribution in [1.29, 1.82) is 0 Å². The molecule has 4 aliphatic rings. The van der Waals surface area contributed by atoms with Gasteiger partial charge in [-0.25, -0.2) is 8.61 Å². The van der Waals surface area contributed by atoms with Crippen molar-refractivity contribution in [3.8, 4) is 0 Å². The highest BCUT2D eigenvalue weighted by atomic mass is 33.1. The summed E-state index contributed by atoms with van der Waals surface area (Å²) >= 11 is 49.7. The first-order valence-corrected chi connectivity index (χ1v) is 24.5. The van der Waals surface area contributed by atoms with Crippen LogP contribution in [0.3, 0.4) is 0 Å². The molecule has 2 saturated heterocycles. The average Bonchev–Trinajstić information content (AvgIpc) is 3.96. The molecule has 4 aliphatic heterocycles. The van der Waals surface area contributed by atoms with Crippen molar-refractivity contribution in [3.05, 3.63) is 15.8 Å². The molecule has 0 aromatic carbocycles. The smallest absolute Gasteiger partial charge is 0.220 e. The Morgan fingerprint density at radius 3 is 1.23 bits per heavy atom. The average molecular weight is 1030 g/mol. The predicted molar refractivity (Wildman–Crippen MR) is 247 cm³/mol. The van der Waals surface area contributed by atoms with Crippen molar-refractivity contribution >= 4 is 231 Å². The van der Waals surface area contributed by atoms with Crippen LogP contribution in [0.5, 0.6) is 0 Å². The van der Waals surface area contributed by atoms with Crippen molar-refractivity contribution in [3.63, 3.8) is 0 Å². The van der Waals surface area contributed by atoms with Crippen molar-refractivity contribution in [1.82, 2.24) is 70.9 Å². The van der Waals surface area contributed by atoms with Gasteiger partial charge in [0.2, 0.25) is 11.8 Å². The maximum absolute atomic E-state index is 5.31. The fourth-order valence-corrected chi connectivity index (χ4v) is 13.5. The Morgan fingerprint density at radius 1 is 0.566 bits per heavy atom. The molecule has 0 saturated carbocycles. The van der Waals surface area contributed by atoms with E-state index in [1.54, 1.807) is 23.9 Å². The summed E-state index contributed by atoms with van der Waals surface area (Å²) in [7, 11) is 3.03. The molecule has 8 heterocycles. The zero-order chi connectivity index (χ0) is 37.7. The van der Waals surface area contributed by atoms with Gasteiger partial charge in [-0.15, -0.1) is 10.2 Å². The third-order valence-corrected chi connectivity index (χ3v) is 16.3. The van der Waals surface area contributed by atoms with Crippen molar-refractivity contribution in [2.45, 2.75) is 30.2 Å². The van der Waals surface area contributed by atoms with Crippen LogP contribution in [0.15, 0.2) is 27.6 Å². The molecule has 0 bridgehead atoms. The van der Waals surface area contributed by atoms with Crippen LogP contribution in [0.2, 0.25) is 0 Å². The first kappa shape index (κ1) is 43.6. The zero-order valence-electron chi connectivity index (χ0n) is 25.5. The van der Waals surface area contributed by atoms with Gasteiger partial charge in [-0.1, -0.05) is 94.2 Å². The normalized spacial score (nSPS) is 16.5. The molecule has 4 aromatic heterocycles. The summed E-state index contributed by atoms with van der Waals surface area (Å²) in [6.07, 6.45) is 1.06. The number of aromatic nitrogens is 8. The molecule has 0 radical (unpaired) electrons. The first-order valence-electron chi connectivity index (χ1n) is 13.5. The van der Waals surface area contributed by atoms with Crippen LogP contribution in [0.1, 0.15) is 12.8 Å². The van der Waals surface area contributed by atoms with E-state index in [9.17, 15) is 0 Å². The predicted octanol–water partition coefficient (Wildman–Crippen LogP) is 7.19. The van der Waals surface area contributed by atoms with E-state index in [0.717, 1.165) is 46.0 Å². The standard InChI is InChI=1S/C6H6N4OS2.C5H8N4S4.C4H2N4S6.C4H2N4S5/c12-5-1-3(7-9-5)11-4-2-6(13)10-8-4;10-4-6-1-8(12-4)3-9-2-7-5(11)13-9;9-1-5-7-3(11-1)13-14-4-8-6-2(10)12-4;9-1-5-7-3(11-1)13-4-8-6-2(10)12-4/h1-2H2,(H,9,12)(H,10,13);1-3H2,(H,6,10)(H,7,11);(H,5,9)(H,6,10);(H,5,9)(H,6,10). The van der Waals surface area contributed by atoms with E-state index in [-0.39, 0.29) is 0 Å². The lowest BCUT2D eigenvalue weighted by Gasteiger charge is -2.17. The fourth-order valence-electron chi connectivity index (χ4n) is 3.11. The Bertz CT molecular complexity index is 2050. The number of hydrogen-bond donors (Lipinski definition) is 8. The second kappa shape index (κ2) is 22.4. The number of hydrogen-bond acceptors (Lipinski definition) is 26. The highest BCUT2D eigenvalue weighted by molar-refractivity contribution is 8.77. The van der Waals surface area contributed by atoms with E-state index >= 15 is 0 Å². The van der Waals surface area contributed by atoms with Crippen LogP contribution in [0, 0.1) is 15.8 Å². The number of thiocarbonyl (C=S) groups is 4. The van der Waals surface area contributed by atoms with Crippen LogP contribution < -0.4 is 21.5 Å². The van der Waals surface area contributed by atoms with E-state index in [0.29, 0.717) is 50.4 Å². The number of aromatic amines is 4. The van der Waals surface area contributed by atoms with Gasteiger partial charge in [0, 0.05) is 0 Å². The van der Waals surface area contributed by atoms with Gasteiger partial charge in [0.05, 0.1) is 32.8 Å². The molecule has 2 fully saturated rings. The molecule has 8 N–H and O–H groups in total. The van der Waals surface area contributed by atoms with E-state index < -0.39 is 0 Å². The summed E-state index contributed by atoms with van der Waals surface area (Å²) in [4.78, 5) is 1.31. The number of H-pyrrole nitrogens is 4. The maximum atomic E-state index is 5.31. The van der Waals surface area contributed by atoms with Crippen molar-refractivity contribution in [2.24, 2.45) is 10.2 Å². The minimum atomic E-state index is 0.529. The molecule has 0 unspecified atom stereocenters. The maximum Gasteiger partial charge on any atom is 0.220 e. The molecule has 4 aromatic rings. The van der Waals surface area contributed by atoms with Gasteiger partial charge < -0.3 is 15.4 Å². The van der Waals surface area contributed by atoms with E-state index in [1.165, 1.54) is 78.7 Å². The number of nitrogens with zero attached hydrogens (tertiary/aromatic N) is 8. The monoisotopic (exact) mass is 1030 g/mol. The summed E-state index contributed by atoms with van der Waals surface area (Å²) < 4.78 is 17.5. The van der Waals surface area contributed by atoms with Crippen LogP contribution in [0.4, 0.5) is 0 Å². The Hall–Kier alpha value is -0.510. The van der Waals surface area contributed by atoms with Gasteiger partial charge in [0.15, 0.2) is 33.2 Å². The van der Waals surface area contributed by atoms with Crippen LogP contribution in [-0.2, 0) is 4.74 Å². The highest BCUT2D eigenvalue weighted by Gasteiger charge is 2.23. The van der Waals surface area contributed by atoms with Gasteiger partial charge in [0.1, 0.15) is 18.6 Å². The molecule has 0 atom stereocenters.